The molecule has 0 aliphatic carbocycles. The van der Waals surface area contributed by atoms with Crippen molar-refractivity contribution in [3.05, 3.63) is 58.1 Å². The molecule has 1 saturated heterocycles. The van der Waals surface area contributed by atoms with E-state index in [1.165, 1.54) is 23.5 Å². The summed E-state index contributed by atoms with van der Waals surface area (Å²) in [5, 5.41) is 7.57. The first-order valence-corrected chi connectivity index (χ1v) is 12.0. The summed E-state index contributed by atoms with van der Waals surface area (Å²) in [7, 11) is 0. The molecule has 2 N–H and O–H groups in total. The maximum Gasteiger partial charge on any atom is 0.416 e. The molecule has 0 unspecified atom stereocenters. The third kappa shape index (κ3) is 5.22. The van der Waals surface area contributed by atoms with Crippen molar-refractivity contribution in [2.45, 2.75) is 6.18 Å². The molecule has 1 aliphatic rings. The van der Waals surface area contributed by atoms with Crippen molar-refractivity contribution in [2.24, 2.45) is 0 Å². The van der Waals surface area contributed by atoms with Crippen LogP contribution in [0.2, 0.25) is 10.0 Å². The monoisotopic (exact) mass is 540 g/mol. The number of alkyl halides is 3. The number of rotatable bonds is 5. The van der Waals surface area contributed by atoms with E-state index in [4.69, 9.17) is 27.9 Å². The van der Waals surface area contributed by atoms with Gasteiger partial charge in [0.05, 0.1) is 34.5 Å². The van der Waals surface area contributed by atoms with Gasteiger partial charge >= 0.3 is 6.18 Å². The van der Waals surface area contributed by atoms with Gasteiger partial charge in [-0.05, 0) is 36.4 Å². The molecule has 2 aromatic carbocycles. The Labute approximate surface area is 211 Å². The van der Waals surface area contributed by atoms with Gasteiger partial charge in [0.15, 0.2) is 15.8 Å². The van der Waals surface area contributed by atoms with Gasteiger partial charge in [-0.3, -0.25) is 0 Å². The summed E-state index contributed by atoms with van der Waals surface area (Å²) < 4.78 is 44.3. The van der Waals surface area contributed by atoms with E-state index in [-0.39, 0.29) is 0 Å². The normalized spacial score (nSPS) is 14.4. The lowest BCUT2D eigenvalue weighted by molar-refractivity contribution is -0.137. The first kappa shape index (κ1) is 23.9. The third-order valence-electron chi connectivity index (χ3n) is 5.21. The molecular weight excluding hydrogens is 524 g/mol. The van der Waals surface area contributed by atoms with E-state index in [0.717, 1.165) is 12.1 Å². The Morgan fingerprint density at radius 3 is 2.26 bits per heavy atom. The van der Waals surface area contributed by atoms with Crippen molar-refractivity contribution >= 4 is 73.2 Å². The molecule has 0 bridgehead atoms. The minimum absolute atomic E-state index is 0.366. The summed E-state index contributed by atoms with van der Waals surface area (Å²) in [4.78, 5) is 16.5. The van der Waals surface area contributed by atoms with Crippen LogP contribution in [0.25, 0.3) is 10.3 Å². The highest BCUT2D eigenvalue weighted by Gasteiger charge is 2.30. The molecule has 0 radical (unpaired) electrons. The topological polar surface area (TPSA) is 75.2 Å². The van der Waals surface area contributed by atoms with E-state index < -0.39 is 11.7 Å². The van der Waals surface area contributed by atoms with Gasteiger partial charge in [0.2, 0.25) is 5.95 Å². The van der Waals surface area contributed by atoms with Gasteiger partial charge in [-0.1, -0.05) is 40.6 Å². The van der Waals surface area contributed by atoms with Crippen LogP contribution >= 0.6 is 34.5 Å². The molecule has 2 aromatic heterocycles. The van der Waals surface area contributed by atoms with Crippen LogP contribution in [-0.2, 0) is 10.9 Å². The Morgan fingerprint density at radius 2 is 1.60 bits per heavy atom. The lowest BCUT2D eigenvalue weighted by Gasteiger charge is -2.27. The summed E-state index contributed by atoms with van der Waals surface area (Å²) in [6, 6.07) is 9.86. The van der Waals surface area contributed by atoms with E-state index >= 15 is 0 Å². The molecule has 1 aliphatic heterocycles. The van der Waals surface area contributed by atoms with Gasteiger partial charge in [0, 0.05) is 18.8 Å². The highest BCUT2D eigenvalue weighted by atomic mass is 35.5. The second-order valence-corrected chi connectivity index (χ2v) is 9.36. The number of nitrogens with one attached hydrogen (secondary N) is 2. The van der Waals surface area contributed by atoms with Crippen molar-refractivity contribution in [3.8, 4) is 0 Å². The third-order valence-corrected chi connectivity index (χ3v) is 6.71. The van der Waals surface area contributed by atoms with Gasteiger partial charge < -0.3 is 20.3 Å². The SMILES string of the molecule is FC(F)(F)c1ccc(Nc2nc(N3CCOCC3)nc3sc(Nc4c(Cl)cccc4Cl)nc23)cc1. The zero-order valence-corrected chi connectivity index (χ0v) is 20.2. The van der Waals surface area contributed by atoms with E-state index in [1.807, 2.05) is 4.90 Å². The predicted octanol–water partition coefficient (Wildman–Crippen LogP) is 6.74. The Balaban J connectivity index is 1.53. The van der Waals surface area contributed by atoms with Crippen LogP contribution in [0.5, 0.6) is 0 Å². The van der Waals surface area contributed by atoms with Crippen LogP contribution < -0.4 is 15.5 Å². The molecule has 0 atom stereocenters. The average Bonchev–Trinajstić information content (AvgIpc) is 3.25. The Morgan fingerprint density at radius 1 is 0.914 bits per heavy atom. The quantitative estimate of drug-likeness (QED) is 0.290. The molecule has 5 rings (SSSR count). The van der Waals surface area contributed by atoms with Crippen molar-refractivity contribution in [1.82, 2.24) is 15.0 Å². The summed E-state index contributed by atoms with van der Waals surface area (Å²) in [6.07, 6.45) is -4.42. The molecule has 182 valence electrons. The first-order chi connectivity index (χ1) is 16.8. The minimum atomic E-state index is -4.42. The van der Waals surface area contributed by atoms with Gasteiger partial charge in [-0.2, -0.15) is 23.1 Å². The highest BCUT2D eigenvalue weighted by Crippen LogP contribution is 2.38. The van der Waals surface area contributed by atoms with Crippen LogP contribution in [-0.4, -0.2) is 41.3 Å². The molecule has 1 fully saturated rings. The summed E-state index contributed by atoms with van der Waals surface area (Å²) in [5.74, 6) is 0.840. The molecule has 3 heterocycles. The van der Waals surface area contributed by atoms with Gasteiger partial charge in [-0.15, -0.1) is 0 Å². The van der Waals surface area contributed by atoms with Gasteiger partial charge in [0.25, 0.3) is 0 Å². The minimum Gasteiger partial charge on any atom is -0.378 e. The number of benzene rings is 2. The van der Waals surface area contributed by atoms with E-state index in [1.54, 1.807) is 18.2 Å². The average molecular weight is 541 g/mol. The van der Waals surface area contributed by atoms with E-state index in [0.29, 0.717) is 75.0 Å². The number of nitrogens with zero attached hydrogens (tertiary/aromatic N) is 4. The smallest absolute Gasteiger partial charge is 0.378 e. The van der Waals surface area contributed by atoms with Crippen LogP contribution in [0.15, 0.2) is 42.5 Å². The number of anilines is 5. The maximum absolute atomic E-state index is 13.0. The number of morpholine rings is 1. The second-order valence-electron chi connectivity index (χ2n) is 7.57. The number of fused-ring (bicyclic) bond motifs is 1. The molecule has 0 saturated carbocycles. The molecular formula is C22H17Cl2F3N6OS. The zero-order chi connectivity index (χ0) is 24.6. The number of ether oxygens (including phenoxy) is 1. The molecule has 13 heteroatoms. The summed E-state index contributed by atoms with van der Waals surface area (Å²) in [6.45, 7) is 2.32. The number of halogens is 5. The molecule has 0 spiro atoms. The summed E-state index contributed by atoms with van der Waals surface area (Å²) >= 11 is 13.8. The number of hydrogen-bond donors (Lipinski definition) is 2. The van der Waals surface area contributed by atoms with E-state index in [9.17, 15) is 13.2 Å². The van der Waals surface area contributed by atoms with Crippen molar-refractivity contribution in [1.29, 1.82) is 0 Å². The fraction of sp³-hybridized carbons (Fsp3) is 0.227. The zero-order valence-electron chi connectivity index (χ0n) is 17.9. The van der Waals surface area contributed by atoms with Crippen molar-refractivity contribution < 1.29 is 17.9 Å². The number of aromatic nitrogens is 3. The molecule has 0 amide bonds. The maximum atomic E-state index is 13.0. The van der Waals surface area contributed by atoms with Gasteiger partial charge in [0.1, 0.15) is 5.52 Å². The largest absolute Gasteiger partial charge is 0.416 e. The van der Waals surface area contributed by atoms with Crippen LogP contribution in [0.3, 0.4) is 0 Å². The van der Waals surface area contributed by atoms with Gasteiger partial charge in [-0.25, -0.2) is 4.98 Å². The Kier molecular flexibility index (Phi) is 6.58. The number of hydrogen-bond acceptors (Lipinski definition) is 8. The standard InChI is InChI=1S/C22H17Cl2F3N6OS/c23-14-2-1-3-15(24)16(14)29-21-30-17-18(28-13-6-4-12(5-7-13)22(25,26)27)31-20(32-19(17)35-21)33-8-10-34-11-9-33/h1-7H,8-11H2,(H,29,30)(H,28,31,32). The first-order valence-electron chi connectivity index (χ1n) is 10.4. The highest BCUT2D eigenvalue weighted by molar-refractivity contribution is 7.22. The lowest BCUT2D eigenvalue weighted by atomic mass is 10.2. The van der Waals surface area contributed by atoms with Crippen LogP contribution in [0.4, 0.5) is 41.4 Å². The molecule has 7 nitrogen and oxygen atoms in total. The Bertz CT molecular complexity index is 1340. The predicted molar refractivity (Wildman–Crippen MR) is 133 cm³/mol. The van der Waals surface area contributed by atoms with Crippen LogP contribution in [0, 0.1) is 0 Å². The number of thiazole rings is 1. The van der Waals surface area contributed by atoms with Crippen molar-refractivity contribution in [2.75, 3.05) is 41.8 Å². The van der Waals surface area contributed by atoms with Crippen molar-refractivity contribution in [3.63, 3.8) is 0 Å². The fourth-order valence-corrected chi connectivity index (χ4v) is 4.79. The van der Waals surface area contributed by atoms with E-state index in [2.05, 4.69) is 25.6 Å². The number of para-hydroxylation sites is 1. The lowest BCUT2D eigenvalue weighted by Crippen LogP contribution is -2.37. The second kappa shape index (κ2) is 9.65. The Hall–Kier alpha value is -2.86. The van der Waals surface area contributed by atoms with Crippen LogP contribution in [0.1, 0.15) is 5.56 Å². The summed E-state index contributed by atoms with van der Waals surface area (Å²) in [5.41, 5.74) is 0.662. The molecule has 4 aromatic rings. The fourth-order valence-electron chi connectivity index (χ4n) is 3.46. The molecule has 35 heavy (non-hydrogen) atoms.